The molecule has 0 heterocycles. The molecule has 6 aromatic rings. The Labute approximate surface area is 478 Å². The zero-order valence-corrected chi connectivity index (χ0v) is 46.8. The van der Waals surface area contributed by atoms with Crippen molar-refractivity contribution in [1.29, 1.82) is 0 Å². The van der Waals surface area contributed by atoms with Crippen molar-refractivity contribution in [3.8, 4) is 56.4 Å². The number of carbonyl (C=O) groups excluding carboxylic acids is 4. The predicted molar refractivity (Wildman–Crippen MR) is 310 cm³/mol. The van der Waals surface area contributed by atoms with Crippen molar-refractivity contribution in [2.24, 2.45) is 0 Å². The minimum atomic E-state index is -1.24. The Morgan fingerprint density at radius 2 is 0.646 bits per heavy atom. The second-order valence-electron chi connectivity index (χ2n) is 19.9. The van der Waals surface area contributed by atoms with Gasteiger partial charge in [-0.25, -0.2) is 19.2 Å². The summed E-state index contributed by atoms with van der Waals surface area (Å²) in [4.78, 5) is 48.8. The summed E-state index contributed by atoms with van der Waals surface area (Å²) in [6.45, 7) is 19.9. The van der Waals surface area contributed by atoms with E-state index in [4.69, 9.17) is 37.9 Å². The summed E-state index contributed by atoms with van der Waals surface area (Å²) in [6.07, 6.45) is -4.91. The fraction of sp³-hybridized carbons (Fsp3) is 0.273. The molecule has 4 unspecified atom stereocenters. The van der Waals surface area contributed by atoms with E-state index < -0.39 is 53.7 Å². The van der Waals surface area contributed by atoms with Crippen LogP contribution < -0.4 is 18.9 Å². The number of carbonyl (C=O) groups is 4. The summed E-state index contributed by atoms with van der Waals surface area (Å²) in [5, 5.41) is 43.8. The van der Waals surface area contributed by atoms with Crippen molar-refractivity contribution in [2.75, 3.05) is 52.9 Å². The quantitative estimate of drug-likeness (QED) is 0.0143. The number of hydrogen-bond donors (Lipinski definition) is 4. The fourth-order valence-electron chi connectivity index (χ4n) is 8.23. The first-order valence-corrected chi connectivity index (χ1v) is 26.3. The summed E-state index contributed by atoms with van der Waals surface area (Å²) in [5.74, 6) is -1.38. The Morgan fingerprint density at radius 1 is 0.366 bits per heavy atom. The zero-order valence-electron chi connectivity index (χ0n) is 46.8. The van der Waals surface area contributed by atoms with Gasteiger partial charge in [0, 0.05) is 50.0 Å². The third-order valence-electron chi connectivity index (χ3n) is 12.8. The van der Waals surface area contributed by atoms with Crippen molar-refractivity contribution < 1.29 is 77.5 Å². The van der Waals surface area contributed by atoms with Crippen LogP contribution in [0, 0.1) is 0 Å². The molecule has 0 spiro atoms. The van der Waals surface area contributed by atoms with E-state index in [1.165, 1.54) is 27.7 Å². The Balaban J connectivity index is 1.53. The minimum Gasteiger partial charge on any atom is -0.490 e. The molecule has 4 atom stereocenters. The SMILES string of the molecule is C=C(C)C(=O)OCC(O)COc1ccccc1-c1cc(C(C)(c2ccc(-c3ccccc3)cc2)c2ccc(OCC(O)COC(=O)C(=C)C)c(-c3ccccc3OCC(O)COC(=O)C(=C)C)c2)ccc1OCC(O)COC(=O)C(=C)C. The van der Waals surface area contributed by atoms with Crippen LogP contribution >= 0.6 is 0 Å². The van der Waals surface area contributed by atoms with Gasteiger partial charge < -0.3 is 58.3 Å². The minimum absolute atomic E-state index is 0.166. The molecular formula is C66H70O16. The molecule has 0 aliphatic heterocycles. The van der Waals surface area contributed by atoms with E-state index >= 15 is 0 Å². The molecule has 0 bridgehead atoms. The highest BCUT2D eigenvalue weighted by atomic mass is 16.6. The van der Waals surface area contributed by atoms with Crippen molar-refractivity contribution in [2.45, 2.75) is 64.4 Å². The van der Waals surface area contributed by atoms with Gasteiger partial charge in [-0.3, -0.25) is 0 Å². The molecule has 6 rings (SSSR count). The van der Waals surface area contributed by atoms with Crippen LogP contribution in [0.25, 0.3) is 33.4 Å². The van der Waals surface area contributed by atoms with Gasteiger partial charge in [0.1, 0.15) is 100 Å². The number of rotatable bonds is 30. The monoisotopic (exact) mass is 1120 g/mol. The van der Waals surface area contributed by atoms with Gasteiger partial charge in [0.05, 0.1) is 0 Å². The van der Waals surface area contributed by atoms with Crippen LogP contribution in [0.2, 0.25) is 0 Å². The third-order valence-corrected chi connectivity index (χ3v) is 12.8. The lowest BCUT2D eigenvalue weighted by Gasteiger charge is -2.34. The van der Waals surface area contributed by atoms with E-state index in [0.717, 1.165) is 27.8 Å². The molecule has 0 radical (unpaired) electrons. The average Bonchev–Trinajstić information content (AvgIpc) is 3.68. The van der Waals surface area contributed by atoms with E-state index in [1.807, 2.05) is 91.0 Å². The summed E-state index contributed by atoms with van der Waals surface area (Å²) in [5.41, 5.74) is 5.92. The second-order valence-corrected chi connectivity index (χ2v) is 19.9. The Hall–Kier alpha value is -8.80. The number of aliphatic hydroxyl groups is 4. The van der Waals surface area contributed by atoms with Crippen molar-refractivity contribution in [3.63, 3.8) is 0 Å². The highest BCUT2D eigenvalue weighted by molar-refractivity contribution is 5.88. The van der Waals surface area contributed by atoms with Gasteiger partial charge in [0.25, 0.3) is 0 Å². The lowest BCUT2D eigenvalue weighted by Crippen LogP contribution is -2.27. The van der Waals surface area contributed by atoms with E-state index in [1.54, 1.807) is 48.5 Å². The highest BCUT2D eigenvalue weighted by Gasteiger charge is 2.34. The van der Waals surface area contributed by atoms with Gasteiger partial charge in [-0.2, -0.15) is 0 Å². The number of aliphatic hydroxyl groups excluding tert-OH is 4. The standard InChI is InChI=1S/C66H70O16/c1-41(2)62(71)79-37-50(67)33-75-58-21-15-13-19-54(58)56-31-48(27-29-60(56)77-35-52(69)39-81-64(73)43(5)6)66(9,47-25-23-46(24-26-47)45-17-11-10-12-18-45)49-28-30-61(78-36-53(70)40-82-65(74)44(7)8)57(32-49)55-20-14-16-22-59(55)76-34-51(68)38-80-63(72)42(3)4/h10-32,50-53,67-70H,1,3,5,7,33-40H2,2,4,6,8-9H3. The topological polar surface area (TPSA) is 223 Å². The molecule has 430 valence electrons. The molecule has 4 N–H and O–H groups in total. The van der Waals surface area contributed by atoms with Crippen LogP contribution in [0.5, 0.6) is 23.0 Å². The number of para-hydroxylation sites is 2. The number of hydrogen-bond acceptors (Lipinski definition) is 16. The summed E-state index contributed by atoms with van der Waals surface area (Å²) < 4.78 is 46.0. The maximum Gasteiger partial charge on any atom is 0.333 e. The maximum absolute atomic E-state index is 12.2. The number of esters is 4. The average molecular weight is 1120 g/mol. The number of ether oxygens (including phenoxy) is 8. The van der Waals surface area contributed by atoms with Crippen LogP contribution in [0.4, 0.5) is 0 Å². The van der Waals surface area contributed by atoms with E-state index in [-0.39, 0.29) is 75.1 Å². The van der Waals surface area contributed by atoms with Gasteiger partial charge >= 0.3 is 23.9 Å². The summed E-state index contributed by atoms with van der Waals surface area (Å²) in [6, 6.07) is 43.4. The molecule has 0 aromatic heterocycles. The van der Waals surface area contributed by atoms with Crippen LogP contribution in [-0.4, -0.2) is 122 Å². The van der Waals surface area contributed by atoms with Crippen LogP contribution in [0.1, 0.15) is 51.3 Å². The normalized spacial score (nSPS) is 13.1. The lowest BCUT2D eigenvalue weighted by molar-refractivity contribution is -0.143. The largest absolute Gasteiger partial charge is 0.490 e. The molecule has 82 heavy (non-hydrogen) atoms. The molecule has 6 aromatic carbocycles. The molecule has 0 amide bonds. The van der Waals surface area contributed by atoms with Gasteiger partial charge in [-0.05, 0) is 98.8 Å². The fourth-order valence-corrected chi connectivity index (χ4v) is 8.23. The van der Waals surface area contributed by atoms with E-state index in [2.05, 4.69) is 33.2 Å². The molecule has 16 nitrogen and oxygen atoms in total. The lowest BCUT2D eigenvalue weighted by atomic mass is 9.70. The van der Waals surface area contributed by atoms with Crippen LogP contribution in [0.3, 0.4) is 0 Å². The molecule has 16 heteroatoms. The van der Waals surface area contributed by atoms with Crippen molar-refractivity contribution in [3.05, 3.63) is 205 Å². The molecule has 0 saturated carbocycles. The Bertz CT molecular complexity index is 3060. The van der Waals surface area contributed by atoms with E-state index in [0.29, 0.717) is 45.3 Å². The van der Waals surface area contributed by atoms with Gasteiger partial charge in [-0.15, -0.1) is 0 Å². The third kappa shape index (κ3) is 17.1. The smallest absolute Gasteiger partial charge is 0.333 e. The first-order chi connectivity index (χ1) is 39.2. The summed E-state index contributed by atoms with van der Waals surface area (Å²) in [7, 11) is 0. The Morgan fingerprint density at radius 3 is 0.976 bits per heavy atom. The molecule has 0 aliphatic rings. The zero-order chi connectivity index (χ0) is 59.5. The van der Waals surface area contributed by atoms with Crippen molar-refractivity contribution >= 4 is 23.9 Å². The second kappa shape index (κ2) is 29.6. The van der Waals surface area contributed by atoms with Crippen LogP contribution in [0.15, 0.2) is 188 Å². The van der Waals surface area contributed by atoms with Crippen LogP contribution in [-0.2, 0) is 43.5 Å². The molecule has 0 saturated heterocycles. The summed E-state index contributed by atoms with van der Waals surface area (Å²) >= 11 is 0. The molecular weight excluding hydrogens is 1050 g/mol. The highest BCUT2D eigenvalue weighted by Crippen LogP contribution is 2.47. The maximum atomic E-state index is 12.2. The molecule has 0 fully saturated rings. The molecule has 0 aliphatic carbocycles. The Kier molecular flexibility index (Phi) is 22.5. The first-order valence-electron chi connectivity index (χ1n) is 26.3. The predicted octanol–water partition coefficient (Wildman–Crippen LogP) is 9.48. The van der Waals surface area contributed by atoms with Gasteiger partial charge in [0.15, 0.2) is 0 Å². The van der Waals surface area contributed by atoms with E-state index in [9.17, 15) is 39.6 Å². The first kappa shape index (κ1) is 62.4. The van der Waals surface area contributed by atoms with Gasteiger partial charge in [-0.1, -0.05) is 129 Å². The number of benzene rings is 6. The van der Waals surface area contributed by atoms with Gasteiger partial charge in [0.2, 0.25) is 0 Å². The van der Waals surface area contributed by atoms with Crippen molar-refractivity contribution in [1.82, 2.24) is 0 Å².